The number of piperidine rings is 1. The lowest BCUT2D eigenvalue weighted by Crippen LogP contribution is -2.46. The first-order chi connectivity index (χ1) is 12.2. The number of piperazine rings is 1. The van der Waals surface area contributed by atoms with Gasteiger partial charge < -0.3 is 24.2 Å². The van der Waals surface area contributed by atoms with Gasteiger partial charge in [0.05, 0.1) is 13.2 Å². The van der Waals surface area contributed by atoms with Crippen molar-refractivity contribution < 1.29 is 14.3 Å². The highest BCUT2D eigenvalue weighted by atomic mass is 16.5. The summed E-state index contributed by atoms with van der Waals surface area (Å²) in [5.41, 5.74) is 0. The number of rotatable bonds is 10. The van der Waals surface area contributed by atoms with Gasteiger partial charge in [0.2, 0.25) is 5.91 Å². The molecule has 146 valence electrons. The Kier molecular flexibility index (Phi) is 9.76. The molecular formula is C19H37N3O3. The molecule has 0 bridgehead atoms. The highest BCUT2D eigenvalue weighted by Crippen LogP contribution is 2.15. The third kappa shape index (κ3) is 8.03. The minimum Gasteiger partial charge on any atom is -0.379 e. The van der Waals surface area contributed by atoms with Crippen molar-refractivity contribution in [2.24, 2.45) is 5.92 Å². The smallest absolute Gasteiger partial charge is 0.248 e. The molecule has 2 saturated heterocycles. The van der Waals surface area contributed by atoms with Crippen molar-refractivity contribution in [2.45, 2.75) is 33.1 Å². The van der Waals surface area contributed by atoms with Crippen LogP contribution in [0.1, 0.15) is 33.1 Å². The molecule has 0 aromatic carbocycles. The maximum absolute atomic E-state index is 12.0. The van der Waals surface area contributed by atoms with E-state index in [1.807, 2.05) is 4.90 Å². The van der Waals surface area contributed by atoms with Gasteiger partial charge in [-0.25, -0.2) is 0 Å². The third-order valence-electron chi connectivity index (χ3n) is 5.41. The molecule has 2 rings (SSSR count). The van der Waals surface area contributed by atoms with Gasteiger partial charge in [-0.05, 0) is 31.7 Å². The molecule has 2 aliphatic heterocycles. The number of likely N-dealkylation sites (N-methyl/N-ethyl adjacent to an activating group) is 1. The van der Waals surface area contributed by atoms with E-state index >= 15 is 0 Å². The van der Waals surface area contributed by atoms with Gasteiger partial charge in [-0.1, -0.05) is 13.8 Å². The molecule has 0 N–H and O–H groups in total. The summed E-state index contributed by atoms with van der Waals surface area (Å²) in [5, 5.41) is 0. The SMILES string of the molecule is CCN1CCN(CCCOCCOCC(=O)N2CCC(C)CC2)CC1. The van der Waals surface area contributed by atoms with E-state index in [1.165, 1.54) is 26.2 Å². The van der Waals surface area contributed by atoms with E-state index in [0.29, 0.717) is 13.2 Å². The molecule has 2 heterocycles. The zero-order valence-electron chi connectivity index (χ0n) is 16.3. The van der Waals surface area contributed by atoms with Crippen molar-refractivity contribution in [3.8, 4) is 0 Å². The van der Waals surface area contributed by atoms with Gasteiger partial charge in [-0.2, -0.15) is 0 Å². The third-order valence-corrected chi connectivity index (χ3v) is 5.41. The summed E-state index contributed by atoms with van der Waals surface area (Å²) in [6.45, 7) is 15.3. The number of hydrogen-bond acceptors (Lipinski definition) is 5. The van der Waals surface area contributed by atoms with E-state index in [2.05, 4.69) is 23.6 Å². The van der Waals surface area contributed by atoms with Gasteiger partial charge in [0.25, 0.3) is 0 Å². The number of likely N-dealkylation sites (tertiary alicyclic amines) is 1. The van der Waals surface area contributed by atoms with E-state index in [-0.39, 0.29) is 12.5 Å². The van der Waals surface area contributed by atoms with Crippen molar-refractivity contribution in [3.05, 3.63) is 0 Å². The summed E-state index contributed by atoms with van der Waals surface area (Å²) in [6, 6.07) is 0. The topological polar surface area (TPSA) is 45.3 Å². The molecule has 0 spiro atoms. The highest BCUT2D eigenvalue weighted by Gasteiger charge is 2.20. The van der Waals surface area contributed by atoms with Crippen molar-refractivity contribution in [3.63, 3.8) is 0 Å². The molecule has 0 aromatic rings. The summed E-state index contributed by atoms with van der Waals surface area (Å²) in [5.74, 6) is 0.868. The molecule has 1 amide bonds. The normalized spacial score (nSPS) is 21.0. The number of carbonyl (C=O) groups excluding carboxylic acids is 1. The molecule has 0 radical (unpaired) electrons. The first kappa shape index (κ1) is 20.6. The molecule has 2 fully saturated rings. The van der Waals surface area contributed by atoms with Crippen LogP contribution in [0.4, 0.5) is 0 Å². The Hall–Kier alpha value is -0.690. The van der Waals surface area contributed by atoms with Gasteiger partial charge in [0, 0.05) is 52.4 Å². The summed E-state index contributed by atoms with van der Waals surface area (Å²) in [7, 11) is 0. The molecule has 0 saturated carbocycles. The molecule has 0 unspecified atom stereocenters. The number of amides is 1. The average molecular weight is 356 g/mol. The van der Waals surface area contributed by atoms with Crippen molar-refractivity contribution in [1.82, 2.24) is 14.7 Å². The average Bonchev–Trinajstić information content (AvgIpc) is 2.64. The molecule has 25 heavy (non-hydrogen) atoms. The monoisotopic (exact) mass is 355 g/mol. The van der Waals surface area contributed by atoms with Crippen LogP contribution in [0.3, 0.4) is 0 Å². The maximum Gasteiger partial charge on any atom is 0.248 e. The molecule has 0 atom stereocenters. The zero-order chi connectivity index (χ0) is 17.9. The quantitative estimate of drug-likeness (QED) is 0.553. The minimum atomic E-state index is 0.123. The molecule has 0 aromatic heterocycles. The van der Waals surface area contributed by atoms with Crippen LogP contribution in [0.2, 0.25) is 0 Å². The fourth-order valence-electron chi connectivity index (χ4n) is 3.45. The van der Waals surface area contributed by atoms with Crippen LogP contribution < -0.4 is 0 Å². The number of ether oxygens (including phenoxy) is 2. The predicted molar refractivity (Wildman–Crippen MR) is 99.8 cm³/mol. The van der Waals surface area contributed by atoms with Crippen molar-refractivity contribution in [2.75, 3.05) is 78.8 Å². The number of carbonyl (C=O) groups is 1. The first-order valence-electron chi connectivity index (χ1n) is 10.1. The standard InChI is InChI=1S/C19H37N3O3/c1-3-20-10-12-21(13-11-20)7-4-14-24-15-16-25-17-19(23)22-8-5-18(2)6-9-22/h18H,3-17H2,1-2H3. The van der Waals surface area contributed by atoms with Crippen LogP contribution in [0.15, 0.2) is 0 Å². The zero-order valence-corrected chi connectivity index (χ0v) is 16.3. The molecular weight excluding hydrogens is 318 g/mol. The van der Waals surface area contributed by atoms with Gasteiger partial charge in [0.1, 0.15) is 6.61 Å². The fourth-order valence-corrected chi connectivity index (χ4v) is 3.45. The summed E-state index contributed by atoms with van der Waals surface area (Å²) in [6.07, 6.45) is 3.29. The molecule has 6 nitrogen and oxygen atoms in total. The van der Waals surface area contributed by atoms with Crippen molar-refractivity contribution >= 4 is 5.91 Å². The van der Waals surface area contributed by atoms with Crippen molar-refractivity contribution in [1.29, 1.82) is 0 Å². The van der Waals surface area contributed by atoms with Gasteiger partial charge in [-0.15, -0.1) is 0 Å². The van der Waals surface area contributed by atoms with Crippen LogP contribution in [0, 0.1) is 5.92 Å². The largest absolute Gasteiger partial charge is 0.379 e. The second kappa shape index (κ2) is 11.8. The Morgan fingerprint density at radius 1 is 0.920 bits per heavy atom. The molecule has 6 heteroatoms. The summed E-state index contributed by atoms with van der Waals surface area (Å²) in [4.78, 5) is 19.0. The highest BCUT2D eigenvalue weighted by molar-refractivity contribution is 5.77. The van der Waals surface area contributed by atoms with Crippen LogP contribution in [0.25, 0.3) is 0 Å². The minimum absolute atomic E-state index is 0.123. The predicted octanol–water partition coefficient (Wildman–Crippen LogP) is 1.31. The Morgan fingerprint density at radius 3 is 2.24 bits per heavy atom. The van der Waals surface area contributed by atoms with E-state index in [0.717, 1.165) is 58.0 Å². The molecule has 2 aliphatic rings. The fraction of sp³-hybridized carbons (Fsp3) is 0.947. The lowest BCUT2D eigenvalue weighted by atomic mass is 9.99. The van der Waals surface area contributed by atoms with Gasteiger partial charge in [-0.3, -0.25) is 4.79 Å². The van der Waals surface area contributed by atoms with Crippen LogP contribution in [-0.2, 0) is 14.3 Å². The lowest BCUT2D eigenvalue weighted by Gasteiger charge is -2.33. The van der Waals surface area contributed by atoms with E-state index in [1.54, 1.807) is 0 Å². The van der Waals surface area contributed by atoms with E-state index in [9.17, 15) is 4.79 Å². The van der Waals surface area contributed by atoms with Gasteiger partial charge >= 0.3 is 0 Å². The maximum atomic E-state index is 12.0. The Balaban J connectivity index is 1.38. The summed E-state index contributed by atoms with van der Waals surface area (Å²) < 4.78 is 11.1. The van der Waals surface area contributed by atoms with Crippen LogP contribution in [0.5, 0.6) is 0 Å². The Bertz CT molecular complexity index is 365. The number of hydrogen-bond donors (Lipinski definition) is 0. The second-order valence-electron chi connectivity index (χ2n) is 7.36. The van der Waals surface area contributed by atoms with Crippen LogP contribution >= 0.6 is 0 Å². The molecule has 0 aliphatic carbocycles. The first-order valence-corrected chi connectivity index (χ1v) is 10.1. The van der Waals surface area contributed by atoms with Gasteiger partial charge in [0.15, 0.2) is 0 Å². The Labute approximate surface area is 153 Å². The Morgan fingerprint density at radius 2 is 1.56 bits per heavy atom. The van der Waals surface area contributed by atoms with E-state index < -0.39 is 0 Å². The summed E-state index contributed by atoms with van der Waals surface area (Å²) >= 11 is 0. The lowest BCUT2D eigenvalue weighted by molar-refractivity contribution is -0.138. The number of nitrogens with zero attached hydrogens (tertiary/aromatic N) is 3. The van der Waals surface area contributed by atoms with E-state index in [4.69, 9.17) is 9.47 Å². The van der Waals surface area contributed by atoms with Crippen LogP contribution in [-0.4, -0.2) is 99.4 Å². The second-order valence-corrected chi connectivity index (χ2v) is 7.36.